The van der Waals surface area contributed by atoms with E-state index >= 15 is 0 Å². The van der Waals surface area contributed by atoms with Crippen molar-refractivity contribution in [1.29, 1.82) is 0 Å². The number of piperidine rings is 1. The molecule has 6 rings (SSSR count). The fraction of sp³-hybridized carbons (Fsp3) is 0.429. The van der Waals surface area contributed by atoms with Crippen LogP contribution in [0.25, 0.3) is 11.0 Å². The summed E-state index contributed by atoms with van der Waals surface area (Å²) in [7, 11) is -7.21. The van der Waals surface area contributed by atoms with Crippen molar-refractivity contribution in [3.63, 3.8) is 0 Å². The van der Waals surface area contributed by atoms with Gasteiger partial charge in [0.2, 0.25) is 21.9 Å². The first-order valence-electron chi connectivity index (χ1n) is 14.6. The standard InChI is InChI=1S/C28H33N9O6S2/c1-44(40,41)35-14-12-22(13-15-35)32-28-29-16-20-6-11-25(39)36(27(20)33-28)17-24(38)31-21-7-9-23(10-8-21)45(42,43)37-18-30-26(34-37)19-4-2-3-5-19/h6-11,16,18-19,22H,2-5,12-15,17H2,1H3,(H,31,38)(H,29,32,33). The fourth-order valence-electron chi connectivity index (χ4n) is 5.72. The van der Waals surface area contributed by atoms with E-state index in [0.717, 1.165) is 29.8 Å². The summed E-state index contributed by atoms with van der Waals surface area (Å²) in [5, 5.41) is 10.7. The zero-order chi connectivity index (χ0) is 31.8. The summed E-state index contributed by atoms with van der Waals surface area (Å²) in [6.45, 7) is 0.412. The van der Waals surface area contributed by atoms with Gasteiger partial charge in [0, 0.05) is 48.4 Å². The maximum absolute atomic E-state index is 13.1. The van der Waals surface area contributed by atoms with Crippen molar-refractivity contribution in [2.75, 3.05) is 30.0 Å². The Balaban J connectivity index is 1.13. The van der Waals surface area contributed by atoms with Crippen LogP contribution in [0.4, 0.5) is 11.6 Å². The van der Waals surface area contributed by atoms with Crippen molar-refractivity contribution in [3.8, 4) is 0 Å². The minimum absolute atomic E-state index is 0.00707. The molecule has 3 aromatic heterocycles. The zero-order valence-corrected chi connectivity index (χ0v) is 26.2. The van der Waals surface area contributed by atoms with Gasteiger partial charge in [-0.2, -0.15) is 13.4 Å². The Hall–Kier alpha value is -4.22. The fourth-order valence-corrected chi connectivity index (χ4v) is 7.65. The molecule has 2 fully saturated rings. The minimum atomic E-state index is -3.96. The highest BCUT2D eigenvalue weighted by Crippen LogP contribution is 2.32. The van der Waals surface area contributed by atoms with Crippen LogP contribution in [0.15, 0.2) is 58.6 Å². The van der Waals surface area contributed by atoms with Gasteiger partial charge >= 0.3 is 0 Å². The zero-order valence-electron chi connectivity index (χ0n) is 24.5. The van der Waals surface area contributed by atoms with Crippen LogP contribution in [0, 0.1) is 0 Å². The summed E-state index contributed by atoms with van der Waals surface area (Å²) in [4.78, 5) is 38.8. The molecule has 1 aliphatic heterocycles. The van der Waals surface area contributed by atoms with E-state index in [2.05, 4.69) is 30.7 Å². The lowest BCUT2D eigenvalue weighted by Crippen LogP contribution is -2.42. The van der Waals surface area contributed by atoms with Crippen molar-refractivity contribution in [1.82, 2.24) is 33.0 Å². The van der Waals surface area contributed by atoms with Gasteiger partial charge in [0.1, 0.15) is 18.5 Å². The lowest BCUT2D eigenvalue weighted by Gasteiger charge is -2.30. The normalized spacial score (nSPS) is 17.1. The van der Waals surface area contributed by atoms with Crippen molar-refractivity contribution in [2.45, 2.75) is 61.9 Å². The van der Waals surface area contributed by atoms with Crippen LogP contribution in [0.5, 0.6) is 0 Å². The number of hydrogen-bond donors (Lipinski definition) is 2. The largest absolute Gasteiger partial charge is 0.351 e. The lowest BCUT2D eigenvalue weighted by atomic mass is 10.1. The van der Waals surface area contributed by atoms with Crippen molar-refractivity contribution < 1.29 is 21.6 Å². The van der Waals surface area contributed by atoms with Crippen LogP contribution < -0.4 is 16.2 Å². The number of fused-ring (bicyclic) bond motifs is 1. The molecule has 1 aliphatic carbocycles. The number of nitrogens with zero attached hydrogens (tertiary/aromatic N) is 7. The van der Waals surface area contributed by atoms with E-state index in [1.54, 1.807) is 12.3 Å². The second kappa shape index (κ2) is 12.3. The SMILES string of the molecule is CS(=O)(=O)N1CCC(Nc2ncc3ccc(=O)n(CC(=O)Nc4ccc(S(=O)(=O)n5cnc(C6CCCC6)n5)cc4)c3n2)CC1. The molecular formula is C28H33N9O6S2. The third-order valence-electron chi connectivity index (χ3n) is 8.17. The number of aromatic nitrogens is 6. The minimum Gasteiger partial charge on any atom is -0.351 e. The number of sulfonamides is 1. The van der Waals surface area contributed by atoms with E-state index in [4.69, 9.17) is 0 Å². The van der Waals surface area contributed by atoms with Gasteiger partial charge in [-0.3, -0.25) is 14.2 Å². The molecule has 238 valence electrons. The molecule has 45 heavy (non-hydrogen) atoms. The van der Waals surface area contributed by atoms with E-state index in [-0.39, 0.29) is 35.0 Å². The van der Waals surface area contributed by atoms with Crippen LogP contribution in [-0.4, -0.2) is 81.1 Å². The third kappa shape index (κ3) is 6.74. The Bertz CT molecular complexity index is 2000. The molecule has 2 N–H and O–H groups in total. The highest BCUT2D eigenvalue weighted by molar-refractivity contribution is 7.89. The number of carbonyl (C=O) groups excluding carboxylic acids is 1. The van der Waals surface area contributed by atoms with Crippen LogP contribution in [0.1, 0.15) is 50.3 Å². The van der Waals surface area contributed by atoms with Gasteiger partial charge in [0.25, 0.3) is 15.6 Å². The van der Waals surface area contributed by atoms with Crippen LogP contribution in [-0.2, 0) is 31.4 Å². The Kier molecular flexibility index (Phi) is 8.41. The maximum atomic E-state index is 13.1. The van der Waals surface area contributed by atoms with E-state index in [9.17, 15) is 26.4 Å². The first-order chi connectivity index (χ1) is 21.5. The van der Waals surface area contributed by atoms with E-state index in [1.807, 2.05) is 0 Å². The molecule has 0 radical (unpaired) electrons. The summed E-state index contributed by atoms with van der Waals surface area (Å²) < 4.78 is 53.3. The van der Waals surface area contributed by atoms with Crippen LogP contribution >= 0.6 is 0 Å². The molecule has 0 unspecified atom stereocenters. The quantitative estimate of drug-likeness (QED) is 0.267. The van der Waals surface area contributed by atoms with E-state index < -0.39 is 31.5 Å². The average Bonchev–Trinajstić information content (AvgIpc) is 3.72. The Labute approximate surface area is 259 Å². The molecule has 0 bridgehead atoms. The Morgan fingerprint density at radius 1 is 0.956 bits per heavy atom. The predicted molar refractivity (Wildman–Crippen MR) is 166 cm³/mol. The molecule has 1 amide bonds. The van der Waals surface area contributed by atoms with Gasteiger partial charge < -0.3 is 10.6 Å². The topological polar surface area (TPSA) is 191 Å². The molecule has 4 heterocycles. The maximum Gasteiger partial charge on any atom is 0.284 e. The van der Waals surface area contributed by atoms with Gasteiger partial charge in [-0.05, 0) is 56.0 Å². The molecule has 1 aromatic carbocycles. The predicted octanol–water partition coefficient (Wildman–Crippen LogP) is 1.75. The van der Waals surface area contributed by atoms with Gasteiger partial charge in [0.15, 0.2) is 5.82 Å². The second-order valence-electron chi connectivity index (χ2n) is 11.3. The molecule has 1 saturated carbocycles. The number of anilines is 2. The molecule has 1 saturated heterocycles. The second-order valence-corrected chi connectivity index (χ2v) is 15.1. The first kappa shape index (κ1) is 30.8. The number of nitrogens with one attached hydrogen (secondary N) is 2. The van der Waals surface area contributed by atoms with E-state index in [0.29, 0.717) is 42.8 Å². The summed E-state index contributed by atoms with van der Waals surface area (Å²) >= 11 is 0. The number of pyridine rings is 1. The number of amides is 1. The third-order valence-corrected chi connectivity index (χ3v) is 11.0. The molecular weight excluding hydrogens is 622 g/mol. The van der Waals surface area contributed by atoms with Gasteiger partial charge in [-0.25, -0.2) is 22.7 Å². The van der Waals surface area contributed by atoms with Crippen LogP contribution in [0.2, 0.25) is 0 Å². The summed E-state index contributed by atoms with van der Waals surface area (Å²) in [5.74, 6) is 0.458. The molecule has 2 aliphatic rings. The first-order valence-corrected chi connectivity index (χ1v) is 17.9. The summed E-state index contributed by atoms with van der Waals surface area (Å²) in [5.41, 5.74) is 0.167. The highest BCUT2D eigenvalue weighted by atomic mass is 32.2. The summed E-state index contributed by atoms with van der Waals surface area (Å²) in [6.07, 6.45) is 9.14. The average molecular weight is 656 g/mol. The Morgan fingerprint density at radius 2 is 1.67 bits per heavy atom. The molecule has 0 atom stereocenters. The lowest BCUT2D eigenvalue weighted by molar-refractivity contribution is -0.116. The van der Waals surface area contributed by atoms with Gasteiger partial charge in [0.05, 0.1) is 11.2 Å². The number of rotatable bonds is 9. The molecule has 17 heteroatoms. The highest BCUT2D eigenvalue weighted by Gasteiger charge is 2.26. The van der Waals surface area contributed by atoms with Crippen molar-refractivity contribution in [2.24, 2.45) is 0 Å². The van der Waals surface area contributed by atoms with Gasteiger partial charge in [-0.15, -0.1) is 9.19 Å². The molecule has 4 aromatic rings. The van der Waals surface area contributed by atoms with Crippen molar-refractivity contribution in [3.05, 3.63) is 65.1 Å². The van der Waals surface area contributed by atoms with Crippen molar-refractivity contribution >= 4 is 48.6 Å². The molecule has 15 nitrogen and oxygen atoms in total. The van der Waals surface area contributed by atoms with E-state index in [1.165, 1.54) is 51.8 Å². The Morgan fingerprint density at radius 3 is 2.36 bits per heavy atom. The smallest absolute Gasteiger partial charge is 0.284 e. The summed E-state index contributed by atoms with van der Waals surface area (Å²) in [6, 6.07) is 8.52. The van der Waals surface area contributed by atoms with Crippen LogP contribution in [0.3, 0.4) is 0 Å². The molecule has 0 spiro atoms. The monoisotopic (exact) mass is 655 g/mol. The number of hydrogen-bond acceptors (Lipinski definition) is 11. The number of carbonyl (C=O) groups is 1. The van der Waals surface area contributed by atoms with Gasteiger partial charge in [-0.1, -0.05) is 12.8 Å². The number of benzene rings is 1.